The van der Waals surface area contributed by atoms with E-state index in [1.807, 2.05) is 13.8 Å². The third-order valence-corrected chi connectivity index (χ3v) is 4.00. The van der Waals surface area contributed by atoms with Crippen molar-refractivity contribution in [2.24, 2.45) is 5.92 Å². The first-order valence-electron chi connectivity index (χ1n) is 7.27. The minimum Gasteiger partial charge on any atom is -0.390 e. The van der Waals surface area contributed by atoms with Crippen LogP contribution in [0.15, 0.2) is 18.2 Å². The second-order valence-corrected chi connectivity index (χ2v) is 6.62. The molecule has 0 aromatic heterocycles. The lowest BCUT2D eigenvalue weighted by molar-refractivity contribution is 0.0689. The maximum Gasteiger partial charge on any atom is 0.0591 e. The molecule has 1 aromatic rings. The van der Waals surface area contributed by atoms with E-state index in [-0.39, 0.29) is 0 Å². The topological polar surface area (TPSA) is 20.2 Å². The summed E-state index contributed by atoms with van der Waals surface area (Å²) in [4.78, 5) is 0. The molecule has 1 nitrogen and oxygen atoms in total. The highest BCUT2D eigenvalue weighted by Gasteiger charge is 2.15. The molecule has 100 valence electrons. The lowest BCUT2D eigenvalue weighted by atomic mass is 9.84. The number of aryl methyl sites for hydroxylation is 2. The number of fused-ring (bicyclic) bond motifs is 1. The molecule has 1 aromatic carbocycles. The molecule has 18 heavy (non-hydrogen) atoms. The average Bonchev–Trinajstić information content (AvgIpc) is 2.27. The van der Waals surface area contributed by atoms with Gasteiger partial charge in [-0.1, -0.05) is 25.1 Å². The summed E-state index contributed by atoms with van der Waals surface area (Å²) in [5.74, 6) is 0.846. The Balaban J connectivity index is 1.95. The largest absolute Gasteiger partial charge is 0.390 e. The van der Waals surface area contributed by atoms with E-state index in [0.29, 0.717) is 0 Å². The Morgan fingerprint density at radius 2 is 2.06 bits per heavy atom. The predicted molar refractivity (Wildman–Crippen MR) is 76.9 cm³/mol. The monoisotopic (exact) mass is 246 g/mol. The molecule has 1 heteroatoms. The SMILES string of the molecule is CC1CCc2cc(CCCC(C)(C)O)ccc2C1. The normalized spacial score (nSPS) is 19.7. The van der Waals surface area contributed by atoms with Crippen LogP contribution in [0.1, 0.15) is 56.7 Å². The van der Waals surface area contributed by atoms with Gasteiger partial charge >= 0.3 is 0 Å². The zero-order valence-electron chi connectivity index (χ0n) is 12.0. The summed E-state index contributed by atoms with van der Waals surface area (Å²) in [6, 6.07) is 7.00. The fourth-order valence-electron chi connectivity index (χ4n) is 2.87. The first-order valence-corrected chi connectivity index (χ1v) is 7.27. The van der Waals surface area contributed by atoms with Gasteiger partial charge in [-0.25, -0.2) is 0 Å². The number of hydrogen-bond acceptors (Lipinski definition) is 1. The zero-order chi connectivity index (χ0) is 13.2. The van der Waals surface area contributed by atoms with E-state index >= 15 is 0 Å². The Morgan fingerprint density at radius 3 is 2.78 bits per heavy atom. The van der Waals surface area contributed by atoms with Crippen LogP contribution in [0.2, 0.25) is 0 Å². The van der Waals surface area contributed by atoms with Gasteiger partial charge in [-0.3, -0.25) is 0 Å². The van der Waals surface area contributed by atoms with Gasteiger partial charge in [0.1, 0.15) is 0 Å². The Bertz CT molecular complexity index is 401. The van der Waals surface area contributed by atoms with E-state index in [2.05, 4.69) is 25.1 Å². The Kier molecular flexibility index (Phi) is 4.11. The van der Waals surface area contributed by atoms with Crippen molar-refractivity contribution in [3.05, 3.63) is 34.9 Å². The van der Waals surface area contributed by atoms with E-state index in [4.69, 9.17) is 0 Å². The van der Waals surface area contributed by atoms with E-state index in [1.54, 1.807) is 11.1 Å². The van der Waals surface area contributed by atoms with Crippen LogP contribution in [0.4, 0.5) is 0 Å². The highest BCUT2D eigenvalue weighted by molar-refractivity contribution is 5.34. The molecule has 0 saturated heterocycles. The quantitative estimate of drug-likeness (QED) is 0.854. The molecule has 0 aliphatic heterocycles. The average molecular weight is 246 g/mol. The highest BCUT2D eigenvalue weighted by atomic mass is 16.3. The van der Waals surface area contributed by atoms with Gasteiger partial charge in [0.15, 0.2) is 0 Å². The molecule has 0 amide bonds. The van der Waals surface area contributed by atoms with Gasteiger partial charge in [-0.05, 0) is 75.0 Å². The molecule has 1 unspecified atom stereocenters. The first-order chi connectivity index (χ1) is 8.44. The van der Waals surface area contributed by atoms with Crippen molar-refractivity contribution in [1.29, 1.82) is 0 Å². The molecule has 1 N–H and O–H groups in total. The van der Waals surface area contributed by atoms with Crippen molar-refractivity contribution in [3.63, 3.8) is 0 Å². The Labute approximate surface area is 111 Å². The summed E-state index contributed by atoms with van der Waals surface area (Å²) in [6.45, 7) is 6.13. The second kappa shape index (κ2) is 5.44. The maximum absolute atomic E-state index is 9.72. The summed E-state index contributed by atoms with van der Waals surface area (Å²) >= 11 is 0. The number of aliphatic hydroxyl groups is 1. The van der Waals surface area contributed by atoms with Crippen LogP contribution in [0.5, 0.6) is 0 Å². The van der Waals surface area contributed by atoms with Gasteiger partial charge in [0, 0.05) is 0 Å². The number of hydrogen-bond donors (Lipinski definition) is 1. The molecule has 0 bridgehead atoms. The third-order valence-electron chi connectivity index (χ3n) is 4.00. The van der Waals surface area contributed by atoms with Crippen molar-refractivity contribution in [2.75, 3.05) is 0 Å². The molecule has 1 atom stereocenters. The number of benzene rings is 1. The minimum atomic E-state index is -0.524. The van der Waals surface area contributed by atoms with Gasteiger partial charge in [0.2, 0.25) is 0 Å². The Morgan fingerprint density at radius 1 is 1.28 bits per heavy atom. The lowest BCUT2D eigenvalue weighted by Gasteiger charge is -2.22. The fraction of sp³-hybridized carbons (Fsp3) is 0.647. The van der Waals surface area contributed by atoms with Crippen LogP contribution >= 0.6 is 0 Å². The molecule has 0 spiro atoms. The molecular weight excluding hydrogens is 220 g/mol. The molecule has 0 fully saturated rings. The summed E-state index contributed by atoms with van der Waals surface area (Å²) < 4.78 is 0. The standard InChI is InChI=1S/C17H26O/c1-13-6-8-16-12-14(7-9-15(16)11-13)5-4-10-17(2,3)18/h7,9,12-13,18H,4-6,8,10-11H2,1-3H3. The van der Waals surface area contributed by atoms with Gasteiger partial charge in [-0.2, -0.15) is 0 Å². The van der Waals surface area contributed by atoms with Gasteiger partial charge in [0.05, 0.1) is 5.60 Å². The van der Waals surface area contributed by atoms with Crippen molar-refractivity contribution in [2.45, 2.75) is 64.9 Å². The van der Waals surface area contributed by atoms with E-state index in [1.165, 1.54) is 24.8 Å². The first kappa shape index (κ1) is 13.6. The van der Waals surface area contributed by atoms with Gasteiger partial charge in [0.25, 0.3) is 0 Å². The van der Waals surface area contributed by atoms with Crippen LogP contribution in [0, 0.1) is 5.92 Å². The summed E-state index contributed by atoms with van der Waals surface area (Å²) in [6.07, 6.45) is 6.86. The second-order valence-electron chi connectivity index (χ2n) is 6.62. The van der Waals surface area contributed by atoms with Crippen LogP contribution in [-0.4, -0.2) is 10.7 Å². The van der Waals surface area contributed by atoms with Crippen molar-refractivity contribution in [3.8, 4) is 0 Å². The summed E-state index contributed by atoms with van der Waals surface area (Å²) in [7, 11) is 0. The summed E-state index contributed by atoms with van der Waals surface area (Å²) in [5, 5.41) is 9.72. The summed E-state index contributed by atoms with van der Waals surface area (Å²) in [5.41, 5.74) is 4.03. The molecule has 2 rings (SSSR count). The van der Waals surface area contributed by atoms with Crippen molar-refractivity contribution < 1.29 is 5.11 Å². The zero-order valence-corrected chi connectivity index (χ0v) is 12.0. The smallest absolute Gasteiger partial charge is 0.0591 e. The van der Waals surface area contributed by atoms with Crippen molar-refractivity contribution in [1.82, 2.24) is 0 Å². The molecule has 1 aliphatic rings. The van der Waals surface area contributed by atoms with E-state index < -0.39 is 5.60 Å². The van der Waals surface area contributed by atoms with Crippen LogP contribution in [0.25, 0.3) is 0 Å². The lowest BCUT2D eigenvalue weighted by Crippen LogP contribution is -2.18. The highest BCUT2D eigenvalue weighted by Crippen LogP contribution is 2.26. The molecule has 0 radical (unpaired) electrons. The Hall–Kier alpha value is -0.820. The van der Waals surface area contributed by atoms with E-state index in [0.717, 1.165) is 25.2 Å². The van der Waals surface area contributed by atoms with Gasteiger partial charge < -0.3 is 5.11 Å². The van der Waals surface area contributed by atoms with Crippen LogP contribution in [-0.2, 0) is 19.3 Å². The number of rotatable bonds is 4. The fourth-order valence-corrected chi connectivity index (χ4v) is 2.87. The predicted octanol–water partition coefficient (Wildman–Crippen LogP) is 3.91. The minimum absolute atomic E-state index is 0.524. The van der Waals surface area contributed by atoms with Gasteiger partial charge in [-0.15, -0.1) is 0 Å². The van der Waals surface area contributed by atoms with E-state index in [9.17, 15) is 5.11 Å². The maximum atomic E-state index is 9.72. The molecule has 0 saturated carbocycles. The van der Waals surface area contributed by atoms with Crippen LogP contribution < -0.4 is 0 Å². The molecule has 1 aliphatic carbocycles. The molecular formula is C17H26O. The molecule has 0 heterocycles. The van der Waals surface area contributed by atoms with Crippen molar-refractivity contribution >= 4 is 0 Å². The van der Waals surface area contributed by atoms with Crippen LogP contribution in [0.3, 0.4) is 0 Å². The third kappa shape index (κ3) is 3.84.